The second-order valence-corrected chi connectivity index (χ2v) is 5.31. The monoisotopic (exact) mass is 312 g/mol. The van der Waals surface area contributed by atoms with Gasteiger partial charge in [0.05, 0.1) is 10.6 Å². The van der Waals surface area contributed by atoms with Crippen LogP contribution in [0.15, 0.2) is 23.0 Å². The first-order chi connectivity index (χ1) is 9.38. The molecule has 0 spiro atoms. The van der Waals surface area contributed by atoms with Gasteiger partial charge in [-0.25, -0.2) is 4.79 Å². The predicted molar refractivity (Wildman–Crippen MR) is 76.0 cm³/mol. The van der Waals surface area contributed by atoms with Crippen molar-refractivity contribution in [1.29, 1.82) is 0 Å². The smallest absolute Gasteiger partial charge is 0.337 e. The van der Waals surface area contributed by atoms with Crippen LogP contribution in [0.4, 0.5) is 5.69 Å². The van der Waals surface area contributed by atoms with E-state index >= 15 is 0 Å². The van der Waals surface area contributed by atoms with Gasteiger partial charge in [0.1, 0.15) is 4.88 Å². The first-order valence-corrected chi connectivity index (χ1v) is 6.62. The largest absolute Gasteiger partial charge is 0.478 e. The molecule has 0 aliphatic carbocycles. The van der Waals surface area contributed by atoms with Crippen LogP contribution in [-0.2, 0) is 0 Å². The van der Waals surface area contributed by atoms with E-state index in [4.69, 9.17) is 16.7 Å². The van der Waals surface area contributed by atoms with E-state index in [1.165, 1.54) is 18.2 Å². The third-order valence-corrected chi connectivity index (χ3v) is 3.80. The van der Waals surface area contributed by atoms with Crippen molar-refractivity contribution < 1.29 is 14.7 Å². The lowest BCUT2D eigenvalue weighted by Crippen LogP contribution is -2.12. The summed E-state index contributed by atoms with van der Waals surface area (Å²) in [5, 5.41) is 11.6. The Morgan fingerprint density at radius 1 is 1.40 bits per heavy atom. The summed E-state index contributed by atoms with van der Waals surface area (Å²) in [7, 11) is 0. The fraction of sp³-hybridized carbons (Fsp3) is 0.0833. The number of thiazole rings is 1. The van der Waals surface area contributed by atoms with Crippen LogP contribution in [0.5, 0.6) is 0 Å². The van der Waals surface area contributed by atoms with Gasteiger partial charge in [0, 0.05) is 11.4 Å². The Bertz CT molecular complexity index is 750. The highest BCUT2D eigenvalue weighted by atomic mass is 35.5. The minimum Gasteiger partial charge on any atom is -0.478 e. The number of aromatic nitrogens is 1. The van der Waals surface area contributed by atoms with E-state index in [0.29, 0.717) is 5.69 Å². The van der Waals surface area contributed by atoms with Crippen LogP contribution >= 0.6 is 22.9 Å². The number of carboxylic acids is 1. The molecule has 2 rings (SSSR count). The summed E-state index contributed by atoms with van der Waals surface area (Å²) in [5.74, 6) is -1.67. The highest BCUT2D eigenvalue weighted by Gasteiger charge is 2.15. The zero-order valence-corrected chi connectivity index (χ0v) is 11.8. The molecule has 3 N–H and O–H groups in total. The van der Waals surface area contributed by atoms with E-state index in [1.54, 1.807) is 6.92 Å². The third-order valence-electron chi connectivity index (χ3n) is 2.49. The van der Waals surface area contributed by atoms with Crippen molar-refractivity contribution in [2.45, 2.75) is 6.92 Å². The summed E-state index contributed by atoms with van der Waals surface area (Å²) >= 11 is 6.53. The molecule has 0 saturated carbocycles. The third kappa shape index (κ3) is 2.89. The van der Waals surface area contributed by atoms with Gasteiger partial charge in [0.25, 0.3) is 5.91 Å². The van der Waals surface area contributed by atoms with E-state index < -0.39 is 11.9 Å². The molecule has 104 valence electrons. The number of aromatic carboxylic acids is 1. The molecule has 0 unspecified atom stereocenters. The van der Waals surface area contributed by atoms with Crippen LogP contribution in [-0.4, -0.2) is 22.0 Å². The number of carbonyl (C=O) groups excluding carboxylic acids is 1. The number of carbonyl (C=O) groups is 2. The zero-order valence-electron chi connectivity index (χ0n) is 10.2. The fourth-order valence-electron chi connectivity index (χ4n) is 1.58. The van der Waals surface area contributed by atoms with Gasteiger partial charge in [-0.2, -0.15) is 0 Å². The predicted octanol–water partition coefficient (Wildman–Crippen LogP) is 2.35. The molecule has 1 amide bonds. The second kappa shape index (κ2) is 5.48. The van der Waals surface area contributed by atoms with E-state index in [0.717, 1.165) is 11.3 Å². The van der Waals surface area contributed by atoms with Gasteiger partial charge < -0.3 is 15.4 Å². The number of halogens is 1. The molecule has 2 aromatic rings. The van der Waals surface area contributed by atoms with Crippen molar-refractivity contribution in [3.05, 3.63) is 49.0 Å². The number of hydrogen-bond donors (Lipinski definition) is 3. The van der Waals surface area contributed by atoms with Crippen molar-refractivity contribution in [2.24, 2.45) is 0 Å². The quantitative estimate of drug-likeness (QED) is 0.810. The van der Waals surface area contributed by atoms with Crippen molar-refractivity contribution in [2.75, 3.05) is 5.32 Å². The number of rotatable bonds is 3. The van der Waals surface area contributed by atoms with E-state index in [-0.39, 0.29) is 26.0 Å². The zero-order chi connectivity index (χ0) is 14.9. The Morgan fingerprint density at radius 3 is 2.65 bits per heavy atom. The molecule has 1 aromatic carbocycles. The van der Waals surface area contributed by atoms with Gasteiger partial charge in [-0.05, 0) is 25.1 Å². The molecule has 8 heteroatoms. The van der Waals surface area contributed by atoms with Crippen LogP contribution in [0.25, 0.3) is 0 Å². The minimum atomic E-state index is -1.19. The van der Waals surface area contributed by atoms with Crippen molar-refractivity contribution in [3.8, 4) is 0 Å². The normalized spacial score (nSPS) is 10.3. The molecule has 6 nitrogen and oxygen atoms in total. The fourth-order valence-corrected chi connectivity index (χ4v) is 2.51. The Balaban J connectivity index is 2.28. The maximum Gasteiger partial charge on any atom is 0.337 e. The molecule has 0 aliphatic rings. The summed E-state index contributed by atoms with van der Waals surface area (Å²) in [6.07, 6.45) is 0. The number of anilines is 1. The molecule has 0 fully saturated rings. The first kappa shape index (κ1) is 14.3. The summed E-state index contributed by atoms with van der Waals surface area (Å²) in [4.78, 5) is 36.5. The molecule has 0 saturated heterocycles. The molecule has 0 bridgehead atoms. The van der Waals surface area contributed by atoms with Gasteiger partial charge in [-0.1, -0.05) is 22.9 Å². The summed E-state index contributed by atoms with van der Waals surface area (Å²) < 4.78 is 0. The lowest BCUT2D eigenvalue weighted by atomic mass is 10.2. The van der Waals surface area contributed by atoms with Gasteiger partial charge in [0.2, 0.25) is 0 Å². The average molecular weight is 313 g/mol. The Morgan fingerprint density at radius 2 is 2.10 bits per heavy atom. The number of aryl methyl sites for hydroxylation is 1. The van der Waals surface area contributed by atoms with E-state index in [2.05, 4.69) is 10.3 Å². The highest BCUT2D eigenvalue weighted by Crippen LogP contribution is 2.21. The number of carboxylic acid groups (broad SMARTS) is 1. The topological polar surface area (TPSA) is 99.3 Å². The number of nitrogens with one attached hydrogen (secondary N) is 2. The van der Waals surface area contributed by atoms with Crippen molar-refractivity contribution in [3.63, 3.8) is 0 Å². The van der Waals surface area contributed by atoms with Crippen LogP contribution in [0.3, 0.4) is 0 Å². The number of H-pyrrole nitrogens is 1. The summed E-state index contributed by atoms with van der Waals surface area (Å²) in [6, 6.07) is 4.12. The van der Waals surface area contributed by atoms with Gasteiger partial charge in [-0.3, -0.25) is 9.59 Å². The van der Waals surface area contributed by atoms with Crippen LogP contribution in [0, 0.1) is 6.92 Å². The molecule has 1 heterocycles. The summed E-state index contributed by atoms with van der Waals surface area (Å²) in [5.41, 5.74) is 0.644. The Kier molecular flexibility index (Phi) is 3.91. The molecular formula is C12H9ClN2O4S. The maximum atomic E-state index is 12.0. The van der Waals surface area contributed by atoms with E-state index in [1.807, 2.05) is 0 Å². The lowest BCUT2D eigenvalue weighted by Gasteiger charge is -2.06. The number of benzene rings is 1. The van der Waals surface area contributed by atoms with E-state index in [9.17, 15) is 14.4 Å². The van der Waals surface area contributed by atoms with Crippen LogP contribution < -0.4 is 10.2 Å². The van der Waals surface area contributed by atoms with Crippen LogP contribution in [0.1, 0.15) is 25.7 Å². The lowest BCUT2D eigenvalue weighted by molar-refractivity contribution is 0.0696. The number of hydrogen-bond acceptors (Lipinski definition) is 4. The van der Waals surface area contributed by atoms with Gasteiger partial charge >= 0.3 is 10.8 Å². The molecule has 0 radical (unpaired) electrons. The maximum absolute atomic E-state index is 12.0. The molecule has 1 aromatic heterocycles. The molecule has 0 aliphatic heterocycles. The van der Waals surface area contributed by atoms with Crippen molar-refractivity contribution >= 4 is 40.5 Å². The Labute approximate surface area is 122 Å². The summed E-state index contributed by atoms with van der Waals surface area (Å²) in [6.45, 7) is 1.61. The highest BCUT2D eigenvalue weighted by molar-refractivity contribution is 7.11. The first-order valence-electron chi connectivity index (χ1n) is 5.42. The second-order valence-electron chi connectivity index (χ2n) is 3.92. The van der Waals surface area contributed by atoms with Crippen molar-refractivity contribution in [1.82, 2.24) is 4.98 Å². The number of aromatic amines is 1. The Hall–Kier alpha value is -2.12. The molecular weight excluding hydrogens is 304 g/mol. The average Bonchev–Trinajstić information content (AvgIpc) is 2.70. The standard InChI is InChI=1S/C12H9ClN2O4S/c1-5-9(20-12(19)14-5)10(16)15-6-2-3-8(13)7(4-6)11(17)18/h2-4H,1H3,(H,14,19)(H,15,16)(H,17,18). The van der Waals surface area contributed by atoms with Crippen LogP contribution in [0.2, 0.25) is 5.02 Å². The molecule has 20 heavy (non-hydrogen) atoms. The van der Waals surface area contributed by atoms with Gasteiger partial charge in [0.15, 0.2) is 0 Å². The molecule has 0 atom stereocenters. The minimum absolute atomic E-state index is 0.0815. The SMILES string of the molecule is Cc1[nH]c(=O)sc1C(=O)Nc1ccc(Cl)c(C(=O)O)c1. The number of amides is 1. The van der Waals surface area contributed by atoms with Gasteiger partial charge in [-0.15, -0.1) is 0 Å².